The molecule has 0 saturated heterocycles. The van der Waals surface area contributed by atoms with E-state index in [1.807, 2.05) is 0 Å². The molecule has 2 rings (SSSR count). The van der Waals surface area contributed by atoms with Gasteiger partial charge < -0.3 is 5.32 Å². The molecule has 0 amide bonds. The van der Waals surface area contributed by atoms with Crippen molar-refractivity contribution in [2.45, 2.75) is 43.5 Å². The monoisotopic (exact) mass is 285 g/mol. The molecule has 106 valence electrons. The van der Waals surface area contributed by atoms with Crippen LogP contribution in [-0.2, 0) is 0 Å². The SMILES string of the molecule is CCNC(CSc1ccc(F)cc1F)C1CCCC1. The largest absolute Gasteiger partial charge is 0.313 e. The molecule has 1 aromatic carbocycles. The summed E-state index contributed by atoms with van der Waals surface area (Å²) in [7, 11) is 0. The van der Waals surface area contributed by atoms with Crippen LogP contribution < -0.4 is 5.32 Å². The van der Waals surface area contributed by atoms with Gasteiger partial charge in [-0.3, -0.25) is 0 Å². The molecule has 0 aliphatic heterocycles. The van der Waals surface area contributed by atoms with E-state index in [1.54, 1.807) is 0 Å². The molecule has 4 heteroatoms. The number of benzene rings is 1. The molecule has 1 aromatic rings. The van der Waals surface area contributed by atoms with Gasteiger partial charge >= 0.3 is 0 Å². The van der Waals surface area contributed by atoms with E-state index in [0.29, 0.717) is 16.9 Å². The van der Waals surface area contributed by atoms with Gasteiger partial charge in [0.05, 0.1) is 0 Å². The summed E-state index contributed by atoms with van der Waals surface area (Å²) in [6.07, 6.45) is 5.15. The van der Waals surface area contributed by atoms with Crippen LogP contribution in [0.15, 0.2) is 23.1 Å². The quantitative estimate of drug-likeness (QED) is 0.785. The zero-order valence-corrected chi connectivity index (χ0v) is 12.1. The molecule has 1 nitrogen and oxygen atoms in total. The highest BCUT2D eigenvalue weighted by atomic mass is 32.2. The molecule has 1 atom stereocenters. The third kappa shape index (κ3) is 4.18. The van der Waals surface area contributed by atoms with Crippen LogP contribution in [0.3, 0.4) is 0 Å². The predicted molar refractivity (Wildman–Crippen MR) is 76.5 cm³/mol. The van der Waals surface area contributed by atoms with Gasteiger partial charge in [0.1, 0.15) is 11.6 Å². The van der Waals surface area contributed by atoms with E-state index in [4.69, 9.17) is 0 Å². The van der Waals surface area contributed by atoms with E-state index in [1.165, 1.54) is 49.6 Å². The molecule has 1 aliphatic rings. The molecule has 1 N–H and O–H groups in total. The van der Waals surface area contributed by atoms with Crippen molar-refractivity contribution in [3.05, 3.63) is 29.8 Å². The molecule has 1 unspecified atom stereocenters. The topological polar surface area (TPSA) is 12.0 Å². The minimum absolute atomic E-state index is 0.432. The van der Waals surface area contributed by atoms with E-state index in [-0.39, 0.29) is 0 Å². The summed E-state index contributed by atoms with van der Waals surface area (Å²) in [6, 6.07) is 4.25. The standard InChI is InChI=1S/C15H21F2NS/c1-2-18-14(11-5-3-4-6-11)10-19-15-8-7-12(16)9-13(15)17/h7-9,11,14,18H,2-6,10H2,1H3. The maximum atomic E-state index is 13.6. The summed E-state index contributed by atoms with van der Waals surface area (Å²) in [6.45, 7) is 3.04. The smallest absolute Gasteiger partial charge is 0.139 e. The van der Waals surface area contributed by atoms with Crippen molar-refractivity contribution < 1.29 is 8.78 Å². The van der Waals surface area contributed by atoms with Crippen LogP contribution in [-0.4, -0.2) is 18.3 Å². The van der Waals surface area contributed by atoms with E-state index in [2.05, 4.69) is 12.2 Å². The summed E-state index contributed by atoms with van der Waals surface area (Å²) in [5.74, 6) is 0.588. The summed E-state index contributed by atoms with van der Waals surface area (Å²) >= 11 is 1.49. The lowest BCUT2D eigenvalue weighted by atomic mass is 10.00. The lowest BCUT2D eigenvalue weighted by Gasteiger charge is -2.24. The second kappa shape index (κ2) is 7.25. The van der Waals surface area contributed by atoms with Gasteiger partial charge in [0, 0.05) is 22.8 Å². The van der Waals surface area contributed by atoms with Gasteiger partial charge in [-0.1, -0.05) is 19.8 Å². The molecule has 1 fully saturated rings. The lowest BCUT2D eigenvalue weighted by Crippen LogP contribution is -2.37. The third-order valence-corrected chi connectivity index (χ3v) is 4.92. The Balaban J connectivity index is 1.93. The van der Waals surface area contributed by atoms with Gasteiger partial charge in [-0.05, 0) is 37.4 Å². The summed E-state index contributed by atoms with van der Waals surface area (Å²) in [4.78, 5) is 0.544. The number of nitrogens with one attached hydrogen (secondary N) is 1. The van der Waals surface area contributed by atoms with Crippen molar-refractivity contribution in [3.8, 4) is 0 Å². The normalized spacial score (nSPS) is 17.8. The second-order valence-corrected chi connectivity index (χ2v) is 6.16. The van der Waals surface area contributed by atoms with Gasteiger partial charge in [0.25, 0.3) is 0 Å². The minimum atomic E-state index is -0.513. The van der Waals surface area contributed by atoms with Gasteiger partial charge in [0.2, 0.25) is 0 Å². The molecule has 19 heavy (non-hydrogen) atoms. The zero-order chi connectivity index (χ0) is 13.7. The second-order valence-electron chi connectivity index (χ2n) is 5.09. The Morgan fingerprint density at radius 3 is 2.68 bits per heavy atom. The molecule has 1 aliphatic carbocycles. The number of thioether (sulfide) groups is 1. The van der Waals surface area contributed by atoms with Crippen LogP contribution in [0.5, 0.6) is 0 Å². The molecular formula is C15H21F2NS. The Bertz CT molecular complexity index is 405. The molecule has 1 saturated carbocycles. The van der Waals surface area contributed by atoms with E-state index in [0.717, 1.165) is 18.4 Å². The number of hydrogen-bond acceptors (Lipinski definition) is 2. The van der Waals surface area contributed by atoms with Crippen molar-refractivity contribution in [3.63, 3.8) is 0 Å². The summed E-state index contributed by atoms with van der Waals surface area (Å²) in [5, 5.41) is 3.51. The molecule has 0 aromatic heterocycles. The third-order valence-electron chi connectivity index (χ3n) is 3.75. The Morgan fingerprint density at radius 1 is 1.32 bits per heavy atom. The molecule has 0 heterocycles. The van der Waals surface area contributed by atoms with Crippen LogP contribution in [0.4, 0.5) is 8.78 Å². The van der Waals surface area contributed by atoms with Crippen LogP contribution >= 0.6 is 11.8 Å². The number of halogens is 2. The average molecular weight is 285 g/mol. The Morgan fingerprint density at radius 2 is 2.05 bits per heavy atom. The fraction of sp³-hybridized carbons (Fsp3) is 0.600. The zero-order valence-electron chi connectivity index (χ0n) is 11.3. The van der Waals surface area contributed by atoms with E-state index in [9.17, 15) is 8.78 Å². The van der Waals surface area contributed by atoms with Crippen LogP contribution in [0.25, 0.3) is 0 Å². The van der Waals surface area contributed by atoms with Crippen molar-refractivity contribution >= 4 is 11.8 Å². The highest BCUT2D eigenvalue weighted by molar-refractivity contribution is 7.99. The average Bonchev–Trinajstić information content (AvgIpc) is 2.90. The molecule has 0 bridgehead atoms. The lowest BCUT2D eigenvalue weighted by molar-refractivity contribution is 0.394. The first-order valence-corrected chi connectivity index (χ1v) is 8.00. The first kappa shape index (κ1) is 14.8. The molecule has 0 spiro atoms. The Labute approximate surface area is 118 Å². The van der Waals surface area contributed by atoms with E-state index < -0.39 is 11.6 Å². The minimum Gasteiger partial charge on any atom is -0.313 e. The van der Waals surface area contributed by atoms with Gasteiger partial charge in [0.15, 0.2) is 0 Å². The van der Waals surface area contributed by atoms with Crippen LogP contribution in [0.1, 0.15) is 32.6 Å². The number of hydrogen-bond donors (Lipinski definition) is 1. The van der Waals surface area contributed by atoms with Gasteiger partial charge in [-0.25, -0.2) is 8.78 Å². The maximum Gasteiger partial charge on any atom is 0.139 e. The summed E-state index contributed by atoms with van der Waals surface area (Å²) in [5.41, 5.74) is 0. The summed E-state index contributed by atoms with van der Waals surface area (Å²) < 4.78 is 26.4. The van der Waals surface area contributed by atoms with Gasteiger partial charge in [-0.2, -0.15) is 0 Å². The van der Waals surface area contributed by atoms with Crippen molar-refractivity contribution in [1.82, 2.24) is 5.32 Å². The van der Waals surface area contributed by atoms with Crippen molar-refractivity contribution in [1.29, 1.82) is 0 Å². The Hall–Kier alpha value is -0.610. The van der Waals surface area contributed by atoms with Crippen molar-refractivity contribution in [2.75, 3.05) is 12.3 Å². The van der Waals surface area contributed by atoms with Crippen LogP contribution in [0.2, 0.25) is 0 Å². The fourth-order valence-electron chi connectivity index (χ4n) is 2.76. The highest BCUT2D eigenvalue weighted by Crippen LogP contribution is 2.31. The molecule has 0 radical (unpaired) electrons. The highest BCUT2D eigenvalue weighted by Gasteiger charge is 2.24. The fourth-order valence-corrected chi connectivity index (χ4v) is 3.87. The first-order chi connectivity index (χ1) is 9.20. The predicted octanol–water partition coefficient (Wildman–Crippen LogP) is 4.23. The molecular weight excluding hydrogens is 264 g/mol. The first-order valence-electron chi connectivity index (χ1n) is 7.02. The van der Waals surface area contributed by atoms with Gasteiger partial charge in [-0.15, -0.1) is 11.8 Å². The Kier molecular flexibility index (Phi) is 5.64. The number of rotatable bonds is 6. The maximum absolute atomic E-state index is 13.6. The van der Waals surface area contributed by atoms with Crippen LogP contribution in [0, 0.1) is 17.6 Å². The van der Waals surface area contributed by atoms with E-state index >= 15 is 0 Å². The van der Waals surface area contributed by atoms with Crippen molar-refractivity contribution in [2.24, 2.45) is 5.92 Å².